The summed E-state index contributed by atoms with van der Waals surface area (Å²) in [6.07, 6.45) is -4.63. The van der Waals surface area contributed by atoms with Crippen molar-refractivity contribution in [1.82, 2.24) is 0 Å². The molecular weight excluding hydrogens is 263 g/mol. The molecule has 0 spiro atoms. The van der Waals surface area contributed by atoms with Crippen LogP contribution in [-0.4, -0.2) is 30.9 Å². The Morgan fingerprint density at radius 3 is 2.68 bits per heavy atom. The summed E-state index contributed by atoms with van der Waals surface area (Å²) < 4.78 is 43.5. The van der Waals surface area contributed by atoms with Crippen LogP contribution in [0.3, 0.4) is 0 Å². The maximum atomic E-state index is 13.1. The average Bonchev–Trinajstić information content (AvgIpc) is 2.83. The summed E-state index contributed by atoms with van der Waals surface area (Å²) in [5.41, 5.74) is -3.41. The zero-order chi connectivity index (χ0) is 14.3. The van der Waals surface area contributed by atoms with Crippen LogP contribution in [0.15, 0.2) is 18.2 Å². The number of hydrogen-bond donors (Lipinski definition) is 2. The van der Waals surface area contributed by atoms with Gasteiger partial charge in [0.25, 0.3) is 5.60 Å². The van der Waals surface area contributed by atoms with E-state index in [1.165, 1.54) is 6.07 Å². The number of carbonyl (C=O) groups is 1. The van der Waals surface area contributed by atoms with Gasteiger partial charge in [0, 0.05) is 17.8 Å². The van der Waals surface area contributed by atoms with Crippen molar-refractivity contribution < 1.29 is 27.8 Å². The molecule has 0 aromatic heterocycles. The first kappa shape index (κ1) is 13.7. The molecule has 0 fully saturated rings. The molecule has 0 aliphatic carbocycles. The number of methoxy groups -OCH3 is 1. The molecule has 104 valence electrons. The Kier molecular flexibility index (Phi) is 3.17. The monoisotopic (exact) mass is 275 g/mol. The molecular formula is C12H12F3NO3. The molecule has 0 saturated carbocycles. The Bertz CT molecular complexity index is 515. The van der Waals surface area contributed by atoms with E-state index in [1.807, 2.05) is 0 Å². The maximum Gasteiger partial charge on any atom is 0.432 e. The number of alkyl halides is 3. The highest BCUT2D eigenvalue weighted by atomic mass is 19.4. The average molecular weight is 275 g/mol. The highest BCUT2D eigenvalue weighted by molar-refractivity contribution is 5.85. The number of ether oxygens (including phenoxy) is 1. The molecule has 0 unspecified atom stereocenters. The zero-order valence-electron chi connectivity index (χ0n) is 10.0. The summed E-state index contributed by atoms with van der Waals surface area (Å²) in [5, 5.41) is 12.7. The maximum absolute atomic E-state index is 13.1. The Balaban J connectivity index is 2.64. The number of esters is 1. The number of halogens is 3. The van der Waals surface area contributed by atoms with Crippen LogP contribution in [0.1, 0.15) is 11.1 Å². The molecule has 1 heterocycles. The molecule has 0 amide bonds. The van der Waals surface area contributed by atoms with E-state index in [0.717, 1.165) is 13.2 Å². The second-order valence-corrected chi connectivity index (χ2v) is 4.22. The van der Waals surface area contributed by atoms with Crippen molar-refractivity contribution in [2.45, 2.75) is 18.2 Å². The van der Waals surface area contributed by atoms with Crippen molar-refractivity contribution in [3.05, 3.63) is 29.3 Å². The first-order valence-electron chi connectivity index (χ1n) is 5.56. The van der Waals surface area contributed by atoms with Crippen LogP contribution in [-0.2, 0) is 21.6 Å². The van der Waals surface area contributed by atoms with E-state index in [1.54, 1.807) is 6.07 Å². The molecule has 2 rings (SSSR count). The van der Waals surface area contributed by atoms with Crippen molar-refractivity contribution in [2.75, 3.05) is 19.0 Å². The Labute approximate surface area is 107 Å². The van der Waals surface area contributed by atoms with Gasteiger partial charge < -0.3 is 15.2 Å². The standard InChI is InChI=1S/C12H12F3NO3/c1-19-10(17)11(18,12(13,14)15)8-4-2-3-7-5-6-16-9(7)8/h2-4,16,18H,5-6H2,1H3/t11-/m0/s1. The SMILES string of the molecule is COC(=O)[C@@](O)(c1cccc2c1NCC2)C(F)(F)F. The number of carbonyl (C=O) groups excluding carboxylic acids is 1. The highest BCUT2D eigenvalue weighted by Crippen LogP contribution is 2.44. The van der Waals surface area contributed by atoms with Crippen molar-refractivity contribution in [3.63, 3.8) is 0 Å². The predicted molar refractivity (Wildman–Crippen MR) is 60.6 cm³/mol. The summed E-state index contributed by atoms with van der Waals surface area (Å²) in [6.45, 7) is 0.460. The Morgan fingerprint density at radius 1 is 1.42 bits per heavy atom. The van der Waals surface area contributed by atoms with E-state index in [0.29, 0.717) is 18.5 Å². The third kappa shape index (κ3) is 1.94. The van der Waals surface area contributed by atoms with Gasteiger partial charge in [0.05, 0.1) is 7.11 Å². The zero-order valence-corrected chi connectivity index (χ0v) is 10.0. The third-order valence-electron chi connectivity index (χ3n) is 3.13. The normalized spacial score (nSPS) is 17.3. The largest absolute Gasteiger partial charge is 0.466 e. The molecule has 0 bridgehead atoms. The fourth-order valence-electron chi connectivity index (χ4n) is 2.17. The highest BCUT2D eigenvalue weighted by Gasteiger charge is 2.63. The van der Waals surface area contributed by atoms with E-state index in [2.05, 4.69) is 10.1 Å². The van der Waals surface area contributed by atoms with E-state index in [4.69, 9.17) is 0 Å². The topological polar surface area (TPSA) is 58.6 Å². The van der Waals surface area contributed by atoms with E-state index < -0.39 is 23.3 Å². The van der Waals surface area contributed by atoms with Crippen molar-refractivity contribution in [2.24, 2.45) is 0 Å². The third-order valence-corrected chi connectivity index (χ3v) is 3.13. The summed E-state index contributed by atoms with van der Waals surface area (Å²) >= 11 is 0. The van der Waals surface area contributed by atoms with Crippen LogP contribution < -0.4 is 5.32 Å². The molecule has 0 radical (unpaired) electrons. The van der Waals surface area contributed by atoms with Gasteiger partial charge in [-0.25, -0.2) is 4.79 Å². The van der Waals surface area contributed by atoms with Gasteiger partial charge in [0.15, 0.2) is 0 Å². The van der Waals surface area contributed by atoms with Crippen molar-refractivity contribution in [1.29, 1.82) is 0 Å². The predicted octanol–water partition coefficient (Wildman–Crippen LogP) is 1.58. The van der Waals surface area contributed by atoms with Crippen LogP contribution in [0.4, 0.5) is 18.9 Å². The molecule has 1 atom stereocenters. The van der Waals surface area contributed by atoms with E-state index >= 15 is 0 Å². The summed E-state index contributed by atoms with van der Waals surface area (Å²) in [4.78, 5) is 11.5. The number of fused-ring (bicyclic) bond motifs is 1. The van der Waals surface area contributed by atoms with Crippen LogP contribution >= 0.6 is 0 Å². The molecule has 0 saturated heterocycles. The van der Waals surface area contributed by atoms with Gasteiger partial charge in [-0.1, -0.05) is 18.2 Å². The lowest BCUT2D eigenvalue weighted by atomic mass is 9.90. The minimum atomic E-state index is -5.17. The number of anilines is 1. The molecule has 7 heteroatoms. The van der Waals surface area contributed by atoms with Gasteiger partial charge in [0.2, 0.25) is 0 Å². The lowest BCUT2D eigenvalue weighted by Gasteiger charge is -2.29. The van der Waals surface area contributed by atoms with Gasteiger partial charge in [-0.2, -0.15) is 13.2 Å². The van der Waals surface area contributed by atoms with Gasteiger partial charge in [-0.3, -0.25) is 0 Å². The van der Waals surface area contributed by atoms with Crippen LogP contribution in [0.5, 0.6) is 0 Å². The molecule has 1 aliphatic heterocycles. The number of rotatable bonds is 2. The number of benzene rings is 1. The minimum Gasteiger partial charge on any atom is -0.466 e. The van der Waals surface area contributed by atoms with Gasteiger partial charge in [-0.05, 0) is 12.0 Å². The minimum absolute atomic E-state index is 0.146. The molecule has 1 aromatic carbocycles. The summed E-state index contributed by atoms with van der Waals surface area (Å²) in [7, 11) is 0.801. The lowest BCUT2D eigenvalue weighted by molar-refractivity contribution is -0.266. The molecule has 4 nitrogen and oxygen atoms in total. The fraction of sp³-hybridized carbons (Fsp3) is 0.417. The second kappa shape index (κ2) is 4.41. The van der Waals surface area contributed by atoms with Crippen LogP contribution in [0, 0.1) is 0 Å². The number of para-hydroxylation sites is 1. The quantitative estimate of drug-likeness (QED) is 0.804. The first-order valence-corrected chi connectivity index (χ1v) is 5.56. The molecule has 1 aromatic rings. The molecule has 2 N–H and O–H groups in total. The van der Waals surface area contributed by atoms with Gasteiger partial charge >= 0.3 is 12.1 Å². The van der Waals surface area contributed by atoms with Gasteiger partial charge in [0.1, 0.15) is 0 Å². The van der Waals surface area contributed by atoms with Crippen molar-refractivity contribution >= 4 is 11.7 Å². The van der Waals surface area contributed by atoms with E-state index in [-0.39, 0.29) is 5.69 Å². The van der Waals surface area contributed by atoms with Crippen molar-refractivity contribution in [3.8, 4) is 0 Å². The summed E-state index contributed by atoms with van der Waals surface area (Å²) in [5.74, 6) is -1.75. The Morgan fingerprint density at radius 2 is 2.11 bits per heavy atom. The van der Waals surface area contributed by atoms with Crippen LogP contribution in [0.25, 0.3) is 0 Å². The summed E-state index contributed by atoms with van der Waals surface area (Å²) in [6, 6.07) is 4.09. The van der Waals surface area contributed by atoms with Crippen LogP contribution in [0.2, 0.25) is 0 Å². The lowest BCUT2D eigenvalue weighted by Crippen LogP contribution is -2.50. The fourth-order valence-corrected chi connectivity index (χ4v) is 2.17. The Hall–Kier alpha value is -1.76. The first-order chi connectivity index (χ1) is 8.82. The smallest absolute Gasteiger partial charge is 0.432 e. The molecule has 19 heavy (non-hydrogen) atoms. The number of hydrogen-bond acceptors (Lipinski definition) is 4. The van der Waals surface area contributed by atoms with Gasteiger partial charge in [-0.15, -0.1) is 0 Å². The number of nitrogens with one attached hydrogen (secondary N) is 1. The molecule has 1 aliphatic rings. The van der Waals surface area contributed by atoms with E-state index in [9.17, 15) is 23.1 Å². The number of aliphatic hydroxyl groups is 1. The second-order valence-electron chi connectivity index (χ2n) is 4.22.